The molecule has 1 unspecified atom stereocenters. The quantitative estimate of drug-likeness (QED) is 0.923. The van der Waals surface area contributed by atoms with Crippen LogP contribution in [0.25, 0.3) is 0 Å². The van der Waals surface area contributed by atoms with Crippen LogP contribution in [0.4, 0.5) is 0 Å². The van der Waals surface area contributed by atoms with Gasteiger partial charge in [0.25, 0.3) is 0 Å². The summed E-state index contributed by atoms with van der Waals surface area (Å²) in [7, 11) is 1.71. The molecule has 3 nitrogen and oxygen atoms in total. The monoisotopic (exact) mass is 290 g/mol. The average molecular weight is 290 g/mol. The fourth-order valence-corrected chi connectivity index (χ4v) is 3.42. The Bertz CT molecular complexity index is 445. The molecule has 118 valence electrons. The van der Waals surface area contributed by atoms with E-state index in [1.165, 1.54) is 18.4 Å². The van der Waals surface area contributed by atoms with Gasteiger partial charge < -0.3 is 10.5 Å². The molecule has 0 amide bonds. The molecule has 2 N–H and O–H groups in total. The van der Waals surface area contributed by atoms with Gasteiger partial charge in [0.2, 0.25) is 0 Å². The van der Waals surface area contributed by atoms with Crippen molar-refractivity contribution in [3.8, 4) is 5.75 Å². The van der Waals surface area contributed by atoms with Gasteiger partial charge in [-0.15, -0.1) is 0 Å². The number of nitrogens with zero attached hydrogens (tertiary/aromatic N) is 1. The third kappa shape index (κ3) is 3.98. The number of rotatable bonds is 4. The smallest absolute Gasteiger partial charge is 0.119 e. The van der Waals surface area contributed by atoms with E-state index in [-0.39, 0.29) is 0 Å². The van der Waals surface area contributed by atoms with Crippen LogP contribution in [0.2, 0.25) is 0 Å². The van der Waals surface area contributed by atoms with Gasteiger partial charge in [-0.25, -0.2) is 0 Å². The van der Waals surface area contributed by atoms with E-state index in [9.17, 15) is 0 Å². The largest absolute Gasteiger partial charge is 0.497 e. The topological polar surface area (TPSA) is 38.5 Å². The molecule has 0 aromatic heterocycles. The molecule has 1 aromatic rings. The van der Waals surface area contributed by atoms with Crippen LogP contribution in [0.3, 0.4) is 0 Å². The molecule has 2 rings (SSSR count). The highest BCUT2D eigenvalue weighted by Gasteiger charge is 2.31. The SMILES string of the molecule is COc1cccc(C(CN)N2CCC(C(C)(C)C)CC2)c1. The summed E-state index contributed by atoms with van der Waals surface area (Å²) in [5.74, 6) is 1.73. The molecule has 1 aliphatic heterocycles. The van der Waals surface area contributed by atoms with Gasteiger partial charge in [-0.05, 0) is 55.0 Å². The Morgan fingerprint density at radius 2 is 1.95 bits per heavy atom. The molecule has 0 saturated carbocycles. The molecule has 21 heavy (non-hydrogen) atoms. The zero-order valence-electron chi connectivity index (χ0n) is 13.9. The molecule has 1 saturated heterocycles. The van der Waals surface area contributed by atoms with Crippen LogP contribution >= 0.6 is 0 Å². The van der Waals surface area contributed by atoms with Crippen LogP contribution in [-0.4, -0.2) is 31.6 Å². The normalized spacial score (nSPS) is 19.5. The summed E-state index contributed by atoms with van der Waals surface area (Å²) in [6, 6.07) is 8.63. The number of hydrogen-bond donors (Lipinski definition) is 1. The minimum Gasteiger partial charge on any atom is -0.497 e. The highest BCUT2D eigenvalue weighted by atomic mass is 16.5. The lowest BCUT2D eigenvalue weighted by atomic mass is 9.75. The molecular weight excluding hydrogens is 260 g/mol. The number of nitrogens with two attached hydrogens (primary N) is 1. The van der Waals surface area contributed by atoms with Gasteiger partial charge in [0.1, 0.15) is 5.75 Å². The van der Waals surface area contributed by atoms with Crippen LogP contribution in [0, 0.1) is 11.3 Å². The molecule has 0 aliphatic carbocycles. The van der Waals surface area contributed by atoms with Gasteiger partial charge in [0.05, 0.1) is 7.11 Å². The molecule has 1 fully saturated rings. The highest BCUT2D eigenvalue weighted by molar-refractivity contribution is 5.30. The average Bonchev–Trinajstić information content (AvgIpc) is 2.48. The van der Waals surface area contributed by atoms with Gasteiger partial charge in [-0.1, -0.05) is 32.9 Å². The van der Waals surface area contributed by atoms with Gasteiger partial charge in [-0.2, -0.15) is 0 Å². The number of piperidine rings is 1. The van der Waals surface area contributed by atoms with E-state index in [0.29, 0.717) is 18.0 Å². The number of likely N-dealkylation sites (tertiary alicyclic amines) is 1. The Hall–Kier alpha value is -1.06. The fourth-order valence-electron chi connectivity index (χ4n) is 3.42. The van der Waals surface area contributed by atoms with E-state index < -0.39 is 0 Å². The van der Waals surface area contributed by atoms with E-state index in [2.05, 4.69) is 43.9 Å². The van der Waals surface area contributed by atoms with E-state index in [1.807, 2.05) is 6.07 Å². The molecule has 0 spiro atoms. The van der Waals surface area contributed by atoms with Gasteiger partial charge >= 0.3 is 0 Å². The van der Waals surface area contributed by atoms with Crippen molar-refractivity contribution >= 4 is 0 Å². The standard InChI is InChI=1S/C18H30N2O/c1-18(2,3)15-8-10-20(11-9-15)17(13-19)14-6-5-7-16(12-14)21-4/h5-7,12,15,17H,8-11,13,19H2,1-4H3. The predicted molar refractivity (Wildman–Crippen MR) is 88.5 cm³/mol. The summed E-state index contributed by atoms with van der Waals surface area (Å²) < 4.78 is 5.34. The molecule has 1 aromatic carbocycles. The van der Waals surface area contributed by atoms with Gasteiger partial charge in [-0.3, -0.25) is 4.90 Å². The van der Waals surface area contributed by atoms with E-state index in [1.54, 1.807) is 7.11 Å². The van der Waals surface area contributed by atoms with Gasteiger partial charge in [0, 0.05) is 12.6 Å². The van der Waals surface area contributed by atoms with Crippen LogP contribution in [0.1, 0.15) is 45.2 Å². The van der Waals surface area contributed by atoms with E-state index in [4.69, 9.17) is 10.5 Å². The molecule has 1 atom stereocenters. The van der Waals surface area contributed by atoms with Crippen LogP contribution < -0.4 is 10.5 Å². The lowest BCUT2D eigenvalue weighted by Crippen LogP contribution is -2.42. The zero-order valence-corrected chi connectivity index (χ0v) is 13.9. The number of benzene rings is 1. The zero-order chi connectivity index (χ0) is 15.5. The summed E-state index contributed by atoms with van der Waals surface area (Å²) in [4.78, 5) is 2.54. The van der Waals surface area contributed by atoms with Crippen molar-refractivity contribution in [2.45, 2.75) is 39.7 Å². The Balaban J connectivity index is 2.06. The van der Waals surface area contributed by atoms with Crippen LogP contribution in [0.5, 0.6) is 5.75 Å². The first-order valence-electron chi connectivity index (χ1n) is 8.03. The minimum atomic E-state index is 0.306. The second-order valence-electron chi connectivity index (χ2n) is 7.20. The summed E-state index contributed by atoms with van der Waals surface area (Å²) in [6.07, 6.45) is 2.54. The first-order valence-corrected chi connectivity index (χ1v) is 8.03. The van der Waals surface area contributed by atoms with Crippen LogP contribution in [-0.2, 0) is 0 Å². The number of methoxy groups -OCH3 is 1. The van der Waals surface area contributed by atoms with Crippen molar-refractivity contribution < 1.29 is 4.74 Å². The maximum atomic E-state index is 6.07. The Morgan fingerprint density at radius 1 is 1.29 bits per heavy atom. The number of hydrogen-bond acceptors (Lipinski definition) is 3. The minimum absolute atomic E-state index is 0.306. The summed E-state index contributed by atoms with van der Waals surface area (Å²) in [5, 5.41) is 0. The van der Waals surface area contributed by atoms with Gasteiger partial charge in [0.15, 0.2) is 0 Å². The predicted octanol–water partition coefficient (Wildman–Crippen LogP) is 3.45. The molecule has 1 aliphatic rings. The molecule has 0 radical (unpaired) electrons. The van der Waals surface area contributed by atoms with Crippen molar-refractivity contribution in [1.29, 1.82) is 0 Å². The Kier molecular flexibility index (Phi) is 5.28. The lowest BCUT2D eigenvalue weighted by Gasteiger charge is -2.41. The lowest BCUT2D eigenvalue weighted by molar-refractivity contribution is 0.0846. The van der Waals surface area contributed by atoms with Crippen molar-refractivity contribution in [2.24, 2.45) is 17.1 Å². The molecular formula is C18H30N2O. The fraction of sp³-hybridized carbons (Fsp3) is 0.667. The molecule has 1 heterocycles. The second kappa shape index (κ2) is 6.80. The molecule has 0 bridgehead atoms. The number of ether oxygens (including phenoxy) is 1. The summed E-state index contributed by atoms with van der Waals surface area (Å²) in [6.45, 7) is 10.0. The summed E-state index contributed by atoms with van der Waals surface area (Å²) >= 11 is 0. The van der Waals surface area contributed by atoms with Crippen molar-refractivity contribution in [1.82, 2.24) is 4.90 Å². The third-order valence-electron chi connectivity index (χ3n) is 4.90. The third-order valence-corrected chi connectivity index (χ3v) is 4.90. The van der Waals surface area contributed by atoms with Crippen molar-refractivity contribution in [3.05, 3.63) is 29.8 Å². The Labute approximate surface area is 129 Å². The van der Waals surface area contributed by atoms with Crippen molar-refractivity contribution in [3.63, 3.8) is 0 Å². The first-order chi connectivity index (χ1) is 9.95. The maximum Gasteiger partial charge on any atom is 0.119 e. The highest BCUT2D eigenvalue weighted by Crippen LogP contribution is 2.36. The van der Waals surface area contributed by atoms with Crippen LogP contribution in [0.15, 0.2) is 24.3 Å². The Morgan fingerprint density at radius 3 is 2.48 bits per heavy atom. The molecule has 3 heteroatoms. The van der Waals surface area contributed by atoms with Crippen molar-refractivity contribution in [2.75, 3.05) is 26.7 Å². The maximum absolute atomic E-state index is 6.07. The first kappa shape index (κ1) is 16.3. The van der Waals surface area contributed by atoms with E-state index >= 15 is 0 Å². The second-order valence-corrected chi connectivity index (χ2v) is 7.20. The van der Waals surface area contributed by atoms with E-state index in [0.717, 1.165) is 24.8 Å². The summed E-state index contributed by atoms with van der Waals surface area (Å²) in [5.41, 5.74) is 7.75.